The SMILES string of the molecule is Cn1cc(N)cc1C(=O)OCC(O)CO. The van der Waals surface area contributed by atoms with Crippen LogP contribution in [-0.4, -0.2) is 40.1 Å². The maximum Gasteiger partial charge on any atom is 0.355 e. The number of carbonyl (C=O) groups is 1. The van der Waals surface area contributed by atoms with Gasteiger partial charge in [-0.05, 0) is 6.07 Å². The maximum atomic E-state index is 11.4. The Morgan fingerprint density at radius 2 is 2.40 bits per heavy atom. The molecule has 1 unspecified atom stereocenters. The molecule has 0 aliphatic carbocycles. The van der Waals surface area contributed by atoms with Crippen LogP contribution in [0.4, 0.5) is 5.69 Å². The number of aliphatic hydroxyl groups excluding tert-OH is 2. The van der Waals surface area contributed by atoms with Crippen LogP contribution in [0.3, 0.4) is 0 Å². The van der Waals surface area contributed by atoms with E-state index in [-0.39, 0.29) is 6.61 Å². The van der Waals surface area contributed by atoms with E-state index in [4.69, 9.17) is 20.7 Å². The van der Waals surface area contributed by atoms with Gasteiger partial charge in [-0.15, -0.1) is 0 Å². The summed E-state index contributed by atoms with van der Waals surface area (Å²) in [7, 11) is 1.66. The lowest BCUT2D eigenvalue weighted by atomic mass is 10.4. The number of aromatic nitrogens is 1. The lowest BCUT2D eigenvalue weighted by molar-refractivity contribution is 0.00862. The summed E-state index contributed by atoms with van der Waals surface area (Å²) in [6.07, 6.45) is 0.533. The topological polar surface area (TPSA) is 97.7 Å². The van der Waals surface area contributed by atoms with Crippen molar-refractivity contribution in [3.8, 4) is 0 Å². The fourth-order valence-corrected chi connectivity index (χ4v) is 1.09. The van der Waals surface area contributed by atoms with Gasteiger partial charge in [-0.2, -0.15) is 0 Å². The van der Waals surface area contributed by atoms with E-state index in [2.05, 4.69) is 0 Å². The summed E-state index contributed by atoms with van der Waals surface area (Å²) in [6, 6.07) is 1.48. The normalized spacial score (nSPS) is 12.5. The van der Waals surface area contributed by atoms with Crippen molar-refractivity contribution in [2.24, 2.45) is 7.05 Å². The molecular formula is C9H14N2O4. The van der Waals surface area contributed by atoms with Gasteiger partial charge in [0.2, 0.25) is 0 Å². The lowest BCUT2D eigenvalue weighted by Crippen LogP contribution is -2.22. The number of nitrogens with two attached hydrogens (primary N) is 1. The van der Waals surface area contributed by atoms with E-state index < -0.39 is 18.7 Å². The molecule has 1 atom stereocenters. The number of nitrogens with zero attached hydrogens (tertiary/aromatic N) is 1. The van der Waals surface area contributed by atoms with E-state index in [0.717, 1.165) is 0 Å². The number of nitrogen functional groups attached to an aromatic ring is 1. The Balaban J connectivity index is 2.58. The monoisotopic (exact) mass is 214 g/mol. The first kappa shape index (κ1) is 11.5. The first-order valence-electron chi connectivity index (χ1n) is 4.42. The van der Waals surface area contributed by atoms with Gasteiger partial charge >= 0.3 is 5.97 Å². The van der Waals surface area contributed by atoms with E-state index in [1.807, 2.05) is 0 Å². The molecule has 1 aromatic rings. The van der Waals surface area contributed by atoms with Crippen molar-refractivity contribution in [3.05, 3.63) is 18.0 Å². The van der Waals surface area contributed by atoms with Crippen LogP contribution in [0.15, 0.2) is 12.3 Å². The number of hydrogen-bond acceptors (Lipinski definition) is 5. The molecule has 0 aliphatic rings. The minimum absolute atomic E-state index is 0.236. The van der Waals surface area contributed by atoms with Crippen molar-refractivity contribution < 1.29 is 19.7 Å². The van der Waals surface area contributed by atoms with Gasteiger partial charge in [-0.3, -0.25) is 0 Å². The maximum absolute atomic E-state index is 11.4. The molecule has 0 aliphatic heterocycles. The molecule has 84 valence electrons. The third-order valence-corrected chi connectivity index (χ3v) is 1.85. The smallest absolute Gasteiger partial charge is 0.355 e. The van der Waals surface area contributed by atoms with Crippen LogP contribution >= 0.6 is 0 Å². The summed E-state index contributed by atoms with van der Waals surface area (Å²) < 4.78 is 6.28. The highest BCUT2D eigenvalue weighted by Gasteiger charge is 2.13. The minimum Gasteiger partial charge on any atom is -0.458 e. The molecule has 15 heavy (non-hydrogen) atoms. The summed E-state index contributed by atoms with van der Waals surface area (Å²) in [5.74, 6) is -0.582. The number of aryl methyl sites for hydroxylation is 1. The van der Waals surface area contributed by atoms with Gasteiger partial charge in [0.1, 0.15) is 18.4 Å². The Bertz CT molecular complexity index is 348. The van der Waals surface area contributed by atoms with Crippen LogP contribution < -0.4 is 5.73 Å². The lowest BCUT2D eigenvalue weighted by Gasteiger charge is -2.08. The Morgan fingerprint density at radius 1 is 1.73 bits per heavy atom. The summed E-state index contributed by atoms with van der Waals surface area (Å²) in [5.41, 5.74) is 6.25. The highest BCUT2D eigenvalue weighted by Crippen LogP contribution is 2.09. The number of rotatable bonds is 4. The van der Waals surface area contributed by atoms with Gasteiger partial charge in [-0.25, -0.2) is 4.79 Å². The second-order valence-electron chi connectivity index (χ2n) is 3.20. The van der Waals surface area contributed by atoms with Crippen LogP contribution in [0.5, 0.6) is 0 Å². The van der Waals surface area contributed by atoms with E-state index in [9.17, 15) is 4.79 Å². The number of esters is 1. The second kappa shape index (κ2) is 4.81. The highest BCUT2D eigenvalue weighted by atomic mass is 16.5. The van der Waals surface area contributed by atoms with Crippen molar-refractivity contribution in [1.29, 1.82) is 0 Å². The minimum atomic E-state index is -1.05. The molecule has 0 fully saturated rings. The molecule has 1 rings (SSSR count). The summed E-state index contributed by atoms with van der Waals surface area (Å²) in [6.45, 7) is -0.678. The Labute approximate surface area is 86.9 Å². The van der Waals surface area contributed by atoms with Gasteiger partial charge in [0.05, 0.1) is 12.3 Å². The molecule has 6 nitrogen and oxygen atoms in total. The van der Waals surface area contributed by atoms with Crippen LogP contribution in [0.1, 0.15) is 10.5 Å². The fraction of sp³-hybridized carbons (Fsp3) is 0.444. The van der Waals surface area contributed by atoms with Crippen molar-refractivity contribution >= 4 is 11.7 Å². The van der Waals surface area contributed by atoms with Crippen LogP contribution in [0.25, 0.3) is 0 Å². The Kier molecular flexibility index (Phi) is 3.70. The molecule has 0 saturated carbocycles. The molecular weight excluding hydrogens is 200 g/mol. The average Bonchev–Trinajstić information content (AvgIpc) is 2.53. The Hall–Kier alpha value is -1.53. The zero-order valence-electron chi connectivity index (χ0n) is 8.38. The van der Waals surface area contributed by atoms with Crippen molar-refractivity contribution in [2.75, 3.05) is 18.9 Å². The number of carbonyl (C=O) groups excluding carboxylic acids is 1. The predicted molar refractivity (Wildman–Crippen MR) is 53.2 cm³/mol. The fourth-order valence-electron chi connectivity index (χ4n) is 1.09. The zero-order chi connectivity index (χ0) is 11.4. The van der Waals surface area contributed by atoms with Crippen LogP contribution in [0.2, 0.25) is 0 Å². The molecule has 0 bridgehead atoms. The van der Waals surface area contributed by atoms with Gasteiger partial charge < -0.3 is 25.3 Å². The number of hydrogen-bond donors (Lipinski definition) is 3. The van der Waals surface area contributed by atoms with Gasteiger partial charge in [0.25, 0.3) is 0 Å². The quantitative estimate of drug-likeness (QED) is 0.565. The summed E-state index contributed by atoms with van der Waals surface area (Å²) in [4.78, 5) is 11.4. The van der Waals surface area contributed by atoms with Gasteiger partial charge in [-0.1, -0.05) is 0 Å². The Morgan fingerprint density at radius 3 is 2.87 bits per heavy atom. The largest absolute Gasteiger partial charge is 0.458 e. The van der Waals surface area contributed by atoms with Crippen LogP contribution in [-0.2, 0) is 11.8 Å². The van der Waals surface area contributed by atoms with E-state index >= 15 is 0 Å². The third kappa shape index (κ3) is 2.97. The second-order valence-corrected chi connectivity index (χ2v) is 3.20. The average molecular weight is 214 g/mol. The van der Waals surface area contributed by atoms with Gasteiger partial charge in [0, 0.05) is 13.2 Å². The standard InChI is InChI=1S/C9H14N2O4/c1-11-3-6(10)2-8(11)9(14)15-5-7(13)4-12/h2-3,7,12-13H,4-5,10H2,1H3. The zero-order valence-corrected chi connectivity index (χ0v) is 8.38. The van der Waals surface area contributed by atoms with E-state index in [0.29, 0.717) is 11.4 Å². The third-order valence-electron chi connectivity index (χ3n) is 1.85. The molecule has 0 radical (unpaired) electrons. The van der Waals surface area contributed by atoms with E-state index in [1.54, 1.807) is 13.2 Å². The summed E-state index contributed by atoms with van der Waals surface area (Å²) in [5, 5.41) is 17.5. The molecule has 0 amide bonds. The van der Waals surface area contributed by atoms with Crippen molar-refractivity contribution in [3.63, 3.8) is 0 Å². The first-order chi connectivity index (χ1) is 7.04. The van der Waals surface area contributed by atoms with Crippen LogP contribution in [0, 0.1) is 0 Å². The van der Waals surface area contributed by atoms with Gasteiger partial charge in [0.15, 0.2) is 0 Å². The number of aliphatic hydroxyl groups is 2. The molecule has 0 saturated heterocycles. The highest BCUT2D eigenvalue weighted by molar-refractivity contribution is 5.89. The molecule has 1 heterocycles. The molecule has 0 spiro atoms. The molecule has 6 heteroatoms. The first-order valence-corrected chi connectivity index (χ1v) is 4.42. The summed E-state index contributed by atoms with van der Waals surface area (Å²) >= 11 is 0. The molecule has 1 aromatic heterocycles. The predicted octanol–water partition coefficient (Wildman–Crippen LogP) is -0.883. The molecule has 4 N–H and O–H groups in total. The van der Waals surface area contributed by atoms with Crippen molar-refractivity contribution in [2.45, 2.75) is 6.10 Å². The number of anilines is 1. The number of ether oxygens (including phenoxy) is 1. The van der Waals surface area contributed by atoms with E-state index in [1.165, 1.54) is 10.6 Å². The van der Waals surface area contributed by atoms with Crippen molar-refractivity contribution in [1.82, 2.24) is 4.57 Å². The molecule has 0 aromatic carbocycles.